The Kier molecular flexibility index (Phi) is 9.26. The molecule has 24 heavy (non-hydrogen) atoms. The maximum atomic E-state index is 12.1. The van der Waals surface area contributed by atoms with Gasteiger partial charge in [0.2, 0.25) is 0 Å². The molecule has 0 saturated heterocycles. The van der Waals surface area contributed by atoms with Gasteiger partial charge in [-0.25, -0.2) is 0 Å². The van der Waals surface area contributed by atoms with Gasteiger partial charge in [-0.2, -0.15) is 11.8 Å². The van der Waals surface area contributed by atoms with Crippen LogP contribution in [0.4, 0.5) is 0 Å². The minimum absolute atomic E-state index is 0.0522. The van der Waals surface area contributed by atoms with Crippen molar-refractivity contribution in [1.29, 1.82) is 0 Å². The summed E-state index contributed by atoms with van der Waals surface area (Å²) >= 11 is 1.70. The Labute approximate surface area is 149 Å². The molecule has 0 unspecified atom stereocenters. The number of rotatable bonds is 11. The minimum Gasteiger partial charge on any atom is -0.321 e. The molecule has 2 atom stereocenters. The summed E-state index contributed by atoms with van der Waals surface area (Å²) in [6.07, 6.45) is 4.40. The van der Waals surface area contributed by atoms with Crippen LogP contribution in [-0.4, -0.2) is 35.7 Å². The van der Waals surface area contributed by atoms with E-state index < -0.39 is 6.04 Å². The Morgan fingerprint density at radius 3 is 2.42 bits per heavy atom. The fourth-order valence-corrected chi connectivity index (χ4v) is 3.04. The third kappa shape index (κ3) is 7.16. The van der Waals surface area contributed by atoms with Crippen molar-refractivity contribution in [1.82, 2.24) is 0 Å². The quantitative estimate of drug-likeness (QED) is 0.640. The second-order valence-corrected chi connectivity index (χ2v) is 7.53. The van der Waals surface area contributed by atoms with Gasteiger partial charge in [-0.15, -0.1) is 0 Å². The molecule has 0 aromatic heterocycles. The molecule has 0 bridgehead atoms. The van der Waals surface area contributed by atoms with Gasteiger partial charge in [0, 0.05) is 12.3 Å². The van der Waals surface area contributed by atoms with Gasteiger partial charge in [0.25, 0.3) is 0 Å². The summed E-state index contributed by atoms with van der Waals surface area (Å²) in [7, 11) is 0. The normalized spacial score (nSPS) is 13.8. The van der Waals surface area contributed by atoms with Gasteiger partial charge < -0.3 is 11.5 Å². The Morgan fingerprint density at radius 1 is 1.12 bits per heavy atom. The van der Waals surface area contributed by atoms with Crippen LogP contribution in [0.2, 0.25) is 0 Å². The lowest BCUT2D eigenvalue weighted by molar-refractivity contribution is -0.123. The Bertz CT molecular complexity index is 546. The number of hydrogen-bond acceptors (Lipinski definition) is 5. The highest BCUT2D eigenvalue weighted by molar-refractivity contribution is 7.98. The molecule has 0 fully saturated rings. The molecule has 1 aromatic carbocycles. The summed E-state index contributed by atoms with van der Waals surface area (Å²) in [5, 5.41) is 0. The van der Waals surface area contributed by atoms with E-state index >= 15 is 0 Å². The van der Waals surface area contributed by atoms with Crippen LogP contribution in [0, 0.1) is 5.92 Å². The van der Waals surface area contributed by atoms with Crippen molar-refractivity contribution in [2.75, 3.05) is 12.0 Å². The Hall–Kier alpha value is -1.17. The molecule has 0 spiro atoms. The first-order valence-electron chi connectivity index (χ1n) is 8.49. The summed E-state index contributed by atoms with van der Waals surface area (Å²) in [6.45, 7) is 3.73. The van der Waals surface area contributed by atoms with Crippen molar-refractivity contribution in [2.45, 2.75) is 51.6 Å². The summed E-state index contributed by atoms with van der Waals surface area (Å²) in [5.41, 5.74) is 14.0. The molecule has 0 saturated carbocycles. The van der Waals surface area contributed by atoms with Gasteiger partial charge in [0.15, 0.2) is 5.78 Å². The van der Waals surface area contributed by atoms with Crippen LogP contribution in [0.5, 0.6) is 0 Å². The van der Waals surface area contributed by atoms with Crippen LogP contribution >= 0.6 is 11.8 Å². The molecule has 4 N–H and O–H groups in total. The second kappa shape index (κ2) is 10.6. The average Bonchev–Trinajstić information content (AvgIpc) is 2.56. The predicted octanol–water partition coefficient (Wildman–Crippen LogP) is 2.36. The standard InChI is InChI=1S/C19H30N2O2S/c1-13(2)19(23)17(21)12-15-6-4-5-14(11-15)7-8-18(22)16(20)9-10-24-3/h4-6,11,13,16-17H,7-10,12,20-21H2,1-3H3/t16-,17-/m0/s1. The molecule has 5 heteroatoms. The lowest BCUT2D eigenvalue weighted by atomic mass is 9.94. The molecule has 0 amide bonds. The van der Waals surface area contributed by atoms with E-state index in [2.05, 4.69) is 0 Å². The number of benzene rings is 1. The first-order valence-corrected chi connectivity index (χ1v) is 9.88. The van der Waals surface area contributed by atoms with Gasteiger partial charge in [-0.05, 0) is 42.4 Å². The highest BCUT2D eigenvalue weighted by Gasteiger charge is 2.17. The zero-order chi connectivity index (χ0) is 18.1. The number of carbonyl (C=O) groups excluding carboxylic acids is 2. The fourth-order valence-electron chi connectivity index (χ4n) is 2.55. The van der Waals surface area contributed by atoms with Gasteiger partial charge >= 0.3 is 0 Å². The first-order chi connectivity index (χ1) is 11.3. The number of thioether (sulfide) groups is 1. The molecule has 0 aliphatic heterocycles. The second-order valence-electron chi connectivity index (χ2n) is 6.54. The maximum absolute atomic E-state index is 12.1. The van der Waals surface area contributed by atoms with Crippen molar-refractivity contribution < 1.29 is 9.59 Å². The largest absolute Gasteiger partial charge is 0.321 e. The zero-order valence-electron chi connectivity index (χ0n) is 15.0. The molecule has 1 aromatic rings. The van der Waals surface area contributed by atoms with E-state index in [0.29, 0.717) is 19.3 Å². The van der Waals surface area contributed by atoms with Crippen molar-refractivity contribution >= 4 is 23.3 Å². The van der Waals surface area contributed by atoms with Crippen molar-refractivity contribution in [3.8, 4) is 0 Å². The van der Waals surface area contributed by atoms with Crippen molar-refractivity contribution in [3.63, 3.8) is 0 Å². The first kappa shape index (κ1) is 20.9. The predicted molar refractivity (Wildman–Crippen MR) is 102 cm³/mol. The third-order valence-electron chi connectivity index (χ3n) is 4.09. The van der Waals surface area contributed by atoms with Crippen LogP contribution in [-0.2, 0) is 22.4 Å². The number of aryl methyl sites for hydroxylation is 1. The van der Waals surface area contributed by atoms with Gasteiger partial charge in [-0.3, -0.25) is 9.59 Å². The van der Waals surface area contributed by atoms with Crippen LogP contribution in [0.3, 0.4) is 0 Å². The molecular formula is C19H30N2O2S. The van der Waals surface area contributed by atoms with E-state index in [0.717, 1.165) is 23.3 Å². The average molecular weight is 351 g/mol. The molecule has 0 heterocycles. The maximum Gasteiger partial charge on any atom is 0.152 e. The summed E-state index contributed by atoms with van der Waals surface area (Å²) < 4.78 is 0. The van der Waals surface area contributed by atoms with E-state index in [1.54, 1.807) is 11.8 Å². The minimum atomic E-state index is -0.471. The van der Waals surface area contributed by atoms with Crippen LogP contribution in [0.15, 0.2) is 24.3 Å². The number of carbonyl (C=O) groups is 2. The van der Waals surface area contributed by atoms with Gasteiger partial charge in [-0.1, -0.05) is 38.1 Å². The summed E-state index contributed by atoms with van der Waals surface area (Å²) in [4.78, 5) is 24.0. The number of Topliss-reactive ketones (excluding diaryl/α,β-unsaturated/α-hetero) is 2. The van der Waals surface area contributed by atoms with E-state index in [1.165, 1.54) is 0 Å². The van der Waals surface area contributed by atoms with Gasteiger partial charge in [0.05, 0.1) is 12.1 Å². The summed E-state index contributed by atoms with van der Waals surface area (Å²) in [6, 6.07) is 7.13. The highest BCUT2D eigenvalue weighted by atomic mass is 32.2. The SMILES string of the molecule is CSCC[C@H](N)C(=O)CCc1cccc(C[C@H](N)C(=O)C(C)C)c1. The molecule has 4 nitrogen and oxygen atoms in total. The van der Waals surface area contributed by atoms with E-state index in [9.17, 15) is 9.59 Å². The van der Waals surface area contributed by atoms with Crippen LogP contribution < -0.4 is 11.5 Å². The lowest BCUT2D eigenvalue weighted by Gasteiger charge is -2.14. The van der Waals surface area contributed by atoms with Crippen LogP contribution in [0.25, 0.3) is 0 Å². The Balaban J connectivity index is 2.56. The highest BCUT2D eigenvalue weighted by Crippen LogP contribution is 2.12. The number of nitrogens with two attached hydrogens (primary N) is 2. The fraction of sp³-hybridized carbons (Fsp3) is 0.579. The molecular weight excluding hydrogens is 320 g/mol. The molecule has 0 radical (unpaired) electrons. The third-order valence-corrected chi connectivity index (χ3v) is 4.73. The van der Waals surface area contributed by atoms with Crippen molar-refractivity contribution in [2.24, 2.45) is 17.4 Å². The monoisotopic (exact) mass is 350 g/mol. The molecule has 134 valence electrons. The number of ketones is 2. The molecule has 1 rings (SSSR count). The van der Waals surface area contributed by atoms with Crippen molar-refractivity contribution in [3.05, 3.63) is 35.4 Å². The Morgan fingerprint density at radius 2 is 1.79 bits per heavy atom. The van der Waals surface area contributed by atoms with Gasteiger partial charge in [0.1, 0.15) is 5.78 Å². The zero-order valence-corrected chi connectivity index (χ0v) is 15.8. The lowest BCUT2D eigenvalue weighted by Crippen LogP contribution is -2.35. The van der Waals surface area contributed by atoms with Crippen LogP contribution in [0.1, 0.15) is 37.8 Å². The molecule has 0 aliphatic carbocycles. The topological polar surface area (TPSA) is 86.2 Å². The summed E-state index contributed by atoms with van der Waals surface area (Å²) in [5.74, 6) is 1.05. The van der Waals surface area contributed by atoms with E-state index in [-0.39, 0.29) is 23.5 Å². The van der Waals surface area contributed by atoms with E-state index in [1.807, 2.05) is 44.4 Å². The number of hydrogen-bond donors (Lipinski definition) is 2. The smallest absolute Gasteiger partial charge is 0.152 e. The van der Waals surface area contributed by atoms with E-state index in [4.69, 9.17) is 11.5 Å². The molecule has 0 aliphatic rings.